The molecule has 0 bridgehead atoms. The molecule has 0 aliphatic heterocycles. The maximum Gasteiger partial charge on any atom is 0.416 e. The molecular weight excluding hydrogens is 343 g/mol. The molecule has 1 N–H and O–H groups in total. The van der Waals surface area contributed by atoms with E-state index in [0.717, 1.165) is 23.2 Å². The lowest BCUT2D eigenvalue weighted by atomic mass is 10.1. The number of carbonyl (C=O) groups is 1. The molecule has 3 aromatic rings. The van der Waals surface area contributed by atoms with Gasteiger partial charge in [-0.15, -0.1) is 0 Å². The lowest BCUT2D eigenvalue weighted by molar-refractivity contribution is -0.137. The van der Waals surface area contributed by atoms with E-state index in [2.05, 4.69) is 15.3 Å². The van der Waals surface area contributed by atoms with Gasteiger partial charge in [0.25, 0.3) is 0 Å². The largest absolute Gasteiger partial charge is 0.416 e. The summed E-state index contributed by atoms with van der Waals surface area (Å²) in [5.41, 5.74) is 1.87. The Hall–Kier alpha value is -3.22. The van der Waals surface area contributed by atoms with E-state index in [1.807, 2.05) is 24.3 Å². The normalized spacial score (nSPS) is 11.8. The van der Waals surface area contributed by atoms with Crippen molar-refractivity contribution in [2.45, 2.75) is 12.7 Å². The van der Waals surface area contributed by atoms with Crippen LogP contribution in [0, 0.1) is 0 Å². The second-order valence-electron chi connectivity index (χ2n) is 5.53. The summed E-state index contributed by atoms with van der Waals surface area (Å²) in [5.74, 6) is -0.375. The first-order valence-corrected chi connectivity index (χ1v) is 7.76. The van der Waals surface area contributed by atoms with Gasteiger partial charge in [-0.25, -0.2) is 4.98 Å². The third kappa shape index (κ3) is 4.44. The third-order valence-corrected chi connectivity index (χ3v) is 3.62. The lowest BCUT2D eigenvalue weighted by Crippen LogP contribution is -2.20. The summed E-state index contributed by atoms with van der Waals surface area (Å²) in [7, 11) is 0. The molecule has 2 aromatic carbocycles. The van der Waals surface area contributed by atoms with E-state index in [-0.39, 0.29) is 12.5 Å². The minimum Gasteiger partial charge on any atom is -0.348 e. The fourth-order valence-electron chi connectivity index (χ4n) is 2.27. The molecule has 26 heavy (non-hydrogen) atoms. The third-order valence-electron chi connectivity index (χ3n) is 3.62. The van der Waals surface area contributed by atoms with Crippen molar-refractivity contribution in [2.75, 3.05) is 0 Å². The Morgan fingerprint density at radius 2 is 1.73 bits per heavy atom. The van der Waals surface area contributed by atoms with E-state index < -0.39 is 11.7 Å². The number of para-hydroxylation sites is 2. The Balaban J connectivity index is 1.58. The molecule has 0 aliphatic carbocycles. The van der Waals surface area contributed by atoms with Crippen LogP contribution in [-0.4, -0.2) is 15.9 Å². The Labute approximate surface area is 147 Å². The number of hydrogen-bond acceptors (Lipinski definition) is 3. The molecule has 0 saturated heterocycles. The number of nitrogens with one attached hydrogen (secondary N) is 1. The number of amides is 1. The summed E-state index contributed by atoms with van der Waals surface area (Å²) < 4.78 is 37.5. The number of alkyl halides is 3. The topological polar surface area (TPSA) is 54.9 Å². The van der Waals surface area contributed by atoms with E-state index in [4.69, 9.17) is 0 Å². The van der Waals surface area contributed by atoms with Crippen LogP contribution in [0.4, 0.5) is 13.2 Å². The van der Waals surface area contributed by atoms with E-state index in [1.165, 1.54) is 24.3 Å². The summed E-state index contributed by atoms with van der Waals surface area (Å²) in [4.78, 5) is 20.5. The van der Waals surface area contributed by atoms with Gasteiger partial charge in [0, 0.05) is 12.6 Å². The first kappa shape index (κ1) is 17.6. The summed E-state index contributed by atoms with van der Waals surface area (Å²) in [6.07, 6.45) is 0.0256. The summed E-state index contributed by atoms with van der Waals surface area (Å²) in [6, 6.07) is 12.0. The number of fused-ring (bicyclic) bond motifs is 1. The van der Waals surface area contributed by atoms with Crippen molar-refractivity contribution in [3.8, 4) is 0 Å². The maximum absolute atomic E-state index is 12.5. The van der Waals surface area contributed by atoms with Crippen LogP contribution in [0.1, 0.15) is 16.8 Å². The predicted molar refractivity (Wildman–Crippen MR) is 91.9 cm³/mol. The van der Waals surface area contributed by atoms with Crippen LogP contribution in [0.3, 0.4) is 0 Å². The Kier molecular flexibility index (Phi) is 4.97. The van der Waals surface area contributed by atoms with Gasteiger partial charge in [0.1, 0.15) is 0 Å². The van der Waals surface area contributed by atoms with Gasteiger partial charge in [-0.1, -0.05) is 24.3 Å². The number of hydrogen-bond donors (Lipinski definition) is 1. The van der Waals surface area contributed by atoms with Crippen molar-refractivity contribution in [3.05, 3.63) is 77.6 Å². The molecule has 0 saturated carbocycles. The molecule has 0 aliphatic rings. The van der Waals surface area contributed by atoms with Crippen molar-refractivity contribution in [2.24, 2.45) is 0 Å². The van der Waals surface area contributed by atoms with Gasteiger partial charge in [-0.2, -0.15) is 13.2 Å². The number of aromatic nitrogens is 2. The molecule has 7 heteroatoms. The predicted octanol–water partition coefficient (Wildman–Crippen LogP) is 3.98. The number of carbonyl (C=O) groups excluding carboxylic acids is 1. The molecule has 0 fully saturated rings. The van der Waals surface area contributed by atoms with Crippen molar-refractivity contribution < 1.29 is 18.0 Å². The minimum absolute atomic E-state index is 0.130. The highest BCUT2D eigenvalue weighted by Crippen LogP contribution is 2.29. The van der Waals surface area contributed by atoms with Gasteiger partial charge in [-0.05, 0) is 35.9 Å². The van der Waals surface area contributed by atoms with Gasteiger partial charge in [0.05, 0.1) is 28.5 Å². The zero-order valence-electron chi connectivity index (χ0n) is 13.5. The first-order chi connectivity index (χ1) is 12.4. The van der Waals surface area contributed by atoms with Crippen molar-refractivity contribution in [3.63, 3.8) is 0 Å². The molecule has 1 heterocycles. The van der Waals surface area contributed by atoms with Crippen LogP contribution in [0.25, 0.3) is 17.1 Å². The van der Waals surface area contributed by atoms with Crippen molar-refractivity contribution >= 4 is 23.0 Å². The molecule has 0 atom stereocenters. The van der Waals surface area contributed by atoms with E-state index in [9.17, 15) is 18.0 Å². The summed E-state index contributed by atoms with van der Waals surface area (Å²) >= 11 is 0. The molecule has 0 spiro atoms. The summed E-state index contributed by atoms with van der Waals surface area (Å²) in [5, 5.41) is 2.61. The molecular formula is C19H14F3N3O. The fourth-order valence-corrected chi connectivity index (χ4v) is 2.27. The number of halogens is 3. The highest BCUT2D eigenvalue weighted by Gasteiger charge is 2.29. The lowest BCUT2D eigenvalue weighted by Gasteiger charge is -2.07. The van der Waals surface area contributed by atoms with Gasteiger partial charge >= 0.3 is 6.18 Å². The highest BCUT2D eigenvalue weighted by molar-refractivity contribution is 5.91. The van der Waals surface area contributed by atoms with Gasteiger partial charge < -0.3 is 5.32 Å². The number of nitrogens with zero attached hydrogens (tertiary/aromatic N) is 2. The van der Waals surface area contributed by atoms with E-state index >= 15 is 0 Å². The molecule has 132 valence electrons. The summed E-state index contributed by atoms with van der Waals surface area (Å²) in [6.45, 7) is 0.130. The number of benzene rings is 2. The van der Waals surface area contributed by atoms with Crippen molar-refractivity contribution in [1.82, 2.24) is 15.3 Å². The Morgan fingerprint density at radius 3 is 2.42 bits per heavy atom. The SMILES string of the molecule is O=C(/C=C/c1cnc2ccccc2n1)NCc1ccc(C(F)(F)F)cc1. The average Bonchev–Trinajstić information content (AvgIpc) is 2.64. The average molecular weight is 357 g/mol. The van der Waals surface area contributed by atoms with Crippen LogP contribution in [0.5, 0.6) is 0 Å². The second kappa shape index (κ2) is 7.35. The monoisotopic (exact) mass is 357 g/mol. The molecule has 0 radical (unpaired) electrons. The van der Waals surface area contributed by atoms with Crippen LogP contribution >= 0.6 is 0 Å². The standard InChI is InChI=1S/C19H14F3N3O/c20-19(21,22)14-7-5-13(6-8-14)11-24-18(26)10-9-15-12-23-16-3-1-2-4-17(16)25-15/h1-10,12H,11H2,(H,24,26)/b10-9+. The van der Waals surface area contributed by atoms with Crippen molar-refractivity contribution in [1.29, 1.82) is 0 Å². The second-order valence-corrected chi connectivity index (χ2v) is 5.53. The number of rotatable bonds is 4. The molecule has 4 nitrogen and oxygen atoms in total. The minimum atomic E-state index is -4.37. The maximum atomic E-state index is 12.5. The van der Waals surface area contributed by atoms with Crippen LogP contribution in [0.15, 0.2) is 60.8 Å². The molecule has 1 amide bonds. The van der Waals surface area contributed by atoms with E-state index in [0.29, 0.717) is 11.3 Å². The van der Waals surface area contributed by atoms with Gasteiger partial charge in [-0.3, -0.25) is 9.78 Å². The fraction of sp³-hybridized carbons (Fsp3) is 0.105. The zero-order chi connectivity index (χ0) is 18.6. The zero-order valence-corrected chi connectivity index (χ0v) is 13.5. The van der Waals surface area contributed by atoms with Crippen LogP contribution < -0.4 is 5.32 Å². The smallest absolute Gasteiger partial charge is 0.348 e. The van der Waals surface area contributed by atoms with Crippen LogP contribution in [0.2, 0.25) is 0 Å². The molecule has 0 unspecified atom stereocenters. The quantitative estimate of drug-likeness (QED) is 0.719. The van der Waals surface area contributed by atoms with Crippen LogP contribution in [-0.2, 0) is 17.5 Å². The Bertz CT molecular complexity index is 950. The van der Waals surface area contributed by atoms with Gasteiger partial charge in [0.15, 0.2) is 0 Å². The first-order valence-electron chi connectivity index (χ1n) is 7.76. The van der Waals surface area contributed by atoms with Gasteiger partial charge in [0.2, 0.25) is 5.91 Å². The van der Waals surface area contributed by atoms with E-state index in [1.54, 1.807) is 6.20 Å². The molecule has 1 aromatic heterocycles. The highest BCUT2D eigenvalue weighted by atomic mass is 19.4. The Morgan fingerprint density at radius 1 is 1.04 bits per heavy atom. The molecule has 3 rings (SSSR count).